The van der Waals surface area contributed by atoms with Gasteiger partial charge in [-0.3, -0.25) is 14.5 Å². The van der Waals surface area contributed by atoms with Crippen molar-refractivity contribution in [2.75, 3.05) is 30.8 Å². The average Bonchev–Trinajstić information content (AvgIpc) is 2.68. The third kappa shape index (κ3) is 4.02. The van der Waals surface area contributed by atoms with Gasteiger partial charge in [0.25, 0.3) is 5.91 Å². The molecule has 0 saturated heterocycles. The van der Waals surface area contributed by atoms with Crippen LogP contribution in [0.4, 0.5) is 11.6 Å². The zero-order valence-corrected chi connectivity index (χ0v) is 15.6. The minimum Gasteiger partial charge on any atom is -0.472 e. The van der Waals surface area contributed by atoms with Crippen LogP contribution in [0.2, 0.25) is 0 Å². The average molecular weight is 368 g/mol. The number of fused-ring (bicyclic) bond motifs is 1. The monoisotopic (exact) mass is 368 g/mol. The zero-order valence-electron chi connectivity index (χ0n) is 15.6. The molecule has 1 aromatic carbocycles. The number of unbranched alkanes of at least 4 members (excludes halogenated alkanes) is 1. The van der Waals surface area contributed by atoms with Crippen LogP contribution in [-0.2, 0) is 9.59 Å². The Morgan fingerprint density at radius 3 is 2.70 bits per heavy atom. The Bertz CT molecular complexity index is 825. The van der Waals surface area contributed by atoms with Crippen molar-refractivity contribution in [1.82, 2.24) is 9.88 Å². The molecule has 7 heteroatoms. The lowest BCUT2D eigenvalue weighted by atomic mass is 10.1. The number of amides is 2. The maximum atomic E-state index is 13.1. The lowest BCUT2D eigenvalue weighted by molar-refractivity contribution is -0.132. The van der Waals surface area contributed by atoms with Crippen LogP contribution in [0.15, 0.2) is 42.5 Å². The van der Waals surface area contributed by atoms with E-state index in [2.05, 4.69) is 11.9 Å². The molecular weight excluding hydrogens is 344 g/mol. The SMILES string of the molecule is CCCCN(C)C(=O)CN1C(=O)C(c2ccccc2)Oc2ccc(N)nc21. The van der Waals surface area contributed by atoms with Gasteiger partial charge in [-0.15, -0.1) is 0 Å². The molecule has 0 saturated carbocycles. The Morgan fingerprint density at radius 2 is 2.00 bits per heavy atom. The number of carbonyl (C=O) groups excluding carboxylic acids is 2. The summed E-state index contributed by atoms with van der Waals surface area (Å²) < 4.78 is 5.89. The third-order valence-corrected chi connectivity index (χ3v) is 4.52. The predicted molar refractivity (Wildman–Crippen MR) is 103 cm³/mol. The summed E-state index contributed by atoms with van der Waals surface area (Å²) in [5, 5.41) is 0. The van der Waals surface area contributed by atoms with Gasteiger partial charge in [-0.25, -0.2) is 4.98 Å². The van der Waals surface area contributed by atoms with Gasteiger partial charge >= 0.3 is 0 Å². The van der Waals surface area contributed by atoms with Gasteiger partial charge in [0.1, 0.15) is 12.4 Å². The number of pyridine rings is 1. The van der Waals surface area contributed by atoms with Gasteiger partial charge in [0, 0.05) is 19.2 Å². The smallest absolute Gasteiger partial charge is 0.274 e. The van der Waals surface area contributed by atoms with Gasteiger partial charge in [-0.1, -0.05) is 43.7 Å². The number of carbonyl (C=O) groups is 2. The van der Waals surface area contributed by atoms with E-state index in [1.54, 1.807) is 24.1 Å². The summed E-state index contributed by atoms with van der Waals surface area (Å²) in [4.78, 5) is 33.0. The van der Waals surface area contributed by atoms with Crippen LogP contribution in [0.5, 0.6) is 5.75 Å². The maximum Gasteiger partial charge on any atom is 0.274 e. The summed E-state index contributed by atoms with van der Waals surface area (Å²) >= 11 is 0. The quantitative estimate of drug-likeness (QED) is 0.846. The van der Waals surface area contributed by atoms with Crippen LogP contribution >= 0.6 is 0 Å². The Kier molecular flexibility index (Phi) is 5.59. The molecule has 1 aliphatic rings. The van der Waals surface area contributed by atoms with E-state index in [0.29, 0.717) is 12.3 Å². The van der Waals surface area contributed by atoms with E-state index in [-0.39, 0.29) is 30.0 Å². The molecule has 1 aliphatic heterocycles. The number of hydrogen-bond acceptors (Lipinski definition) is 5. The number of rotatable bonds is 6. The summed E-state index contributed by atoms with van der Waals surface area (Å²) in [7, 11) is 1.74. The highest BCUT2D eigenvalue weighted by molar-refractivity contribution is 6.03. The standard InChI is InChI=1S/C20H24N4O3/c1-3-4-12-23(2)17(25)13-24-19-15(10-11-16(21)22-19)27-18(20(24)26)14-8-6-5-7-9-14/h5-11,18H,3-4,12-13H2,1-2H3,(H2,21,22). The first-order valence-electron chi connectivity index (χ1n) is 9.04. The summed E-state index contributed by atoms with van der Waals surface area (Å²) in [6.07, 6.45) is 1.08. The summed E-state index contributed by atoms with van der Waals surface area (Å²) in [6.45, 7) is 2.61. The second-order valence-electron chi connectivity index (χ2n) is 6.56. The van der Waals surface area contributed by atoms with Gasteiger partial charge in [0.05, 0.1) is 0 Å². The Labute approximate surface area is 158 Å². The van der Waals surface area contributed by atoms with E-state index in [1.165, 1.54) is 4.90 Å². The molecule has 0 fully saturated rings. The molecular formula is C20H24N4O3. The summed E-state index contributed by atoms with van der Waals surface area (Å²) in [5.74, 6) is 0.496. The number of nitrogen functional groups attached to an aromatic ring is 1. The molecule has 2 N–H and O–H groups in total. The largest absolute Gasteiger partial charge is 0.472 e. The second kappa shape index (κ2) is 8.07. The molecule has 142 valence electrons. The number of hydrogen-bond donors (Lipinski definition) is 1. The molecule has 7 nitrogen and oxygen atoms in total. The van der Waals surface area contributed by atoms with E-state index < -0.39 is 6.10 Å². The highest BCUT2D eigenvalue weighted by Gasteiger charge is 2.38. The van der Waals surface area contributed by atoms with Crippen LogP contribution in [0, 0.1) is 0 Å². The van der Waals surface area contributed by atoms with Crippen molar-refractivity contribution in [3.8, 4) is 5.75 Å². The fourth-order valence-electron chi connectivity index (χ4n) is 2.93. The lowest BCUT2D eigenvalue weighted by Gasteiger charge is -2.34. The van der Waals surface area contributed by atoms with Gasteiger partial charge in [-0.05, 0) is 18.6 Å². The number of benzene rings is 1. The number of aromatic nitrogens is 1. The molecule has 2 amide bonds. The minimum atomic E-state index is -0.821. The van der Waals surface area contributed by atoms with Crippen LogP contribution < -0.4 is 15.4 Å². The Balaban J connectivity index is 1.91. The van der Waals surface area contributed by atoms with E-state index in [4.69, 9.17) is 10.5 Å². The van der Waals surface area contributed by atoms with E-state index in [0.717, 1.165) is 18.4 Å². The van der Waals surface area contributed by atoms with Gasteiger partial charge in [0.15, 0.2) is 11.6 Å². The number of anilines is 2. The fraction of sp³-hybridized carbons (Fsp3) is 0.350. The lowest BCUT2D eigenvalue weighted by Crippen LogP contribution is -2.47. The van der Waals surface area contributed by atoms with Crippen LogP contribution in [0.25, 0.3) is 0 Å². The van der Waals surface area contributed by atoms with Crippen LogP contribution in [-0.4, -0.2) is 41.8 Å². The maximum absolute atomic E-state index is 13.1. The zero-order chi connectivity index (χ0) is 19.4. The van der Waals surface area contributed by atoms with Gasteiger partial charge in [-0.2, -0.15) is 0 Å². The molecule has 0 bridgehead atoms. The highest BCUT2D eigenvalue weighted by Crippen LogP contribution is 2.37. The first kappa shape index (κ1) is 18.7. The second-order valence-corrected chi connectivity index (χ2v) is 6.56. The molecule has 27 heavy (non-hydrogen) atoms. The van der Waals surface area contributed by atoms with Crippen molar-refractivity contribution in [2.45, 2.75) is 25.9 Å². The number of likely N-dealkylation sites (N-methyl/N-ethyl adjacent to an activating group) is 1. The predicted octanol–water partition coefficient (Wildman–Crippen LogP) is 2.39. The van der Waals surface area contributed by atoms with Crippen molar-refractivity contribution in [1.29, 1.82) is 0 Å². The van der Waals surface area contributed by atoms with Crippen molar-refractivity contribution < 1.29 is 14.3 Å². The third-order valence-electron chi connectivity index (χ3n) is 4.52. The normalized spacial score (nSPS) is 15.9. The highest BCUT2D eigenvalue weighted by atomic mass is 16.5. The first-order chi connectivity index (χ1) is 13.0. The van der Waals surface area contributed by atoms with Crippen molar-refractivity contribution in [3.63, 3.8) is 0 Å². The Morgan fingerprint density at radius 1 is 1.26 bits per heavy atom. The van der Waals surface area contributed by atoms with Crippen molar-refractivity contribution in [3.05, 3.63) is 48.0 Å². The Hall–Kier alpha value is -3.09. The van der Waals surface area contributed by atoms with Crippen LogP contribution in [0.3, 0.4) is 0 Å². The molecule has 3 rings (SSSR count). The van der Waals surface area contributed by atoms with E-state index in [1.807, 2.05) is 30.3 Å². The number of nitrogens with two attached hydrogens (primary N) is 1. The topological polar surface area (TPSA) is 88.8 Å². The summed E-state index contributed by atoms with van der Waals surface area (Å²) in [5.41, 5.74) is 6.52. The van der Waals surface area contributed by atoms with E-state index >= 15 is 0 Å². The minimum absolute atomic E-state index is 0.102. The molecule has 0 spiro atoms. The number of ether oxygens (including phenoxy) is 1. The van der Waals surface area contributed by atoms with Gasteiger partial charge in [0.2, 0.25) is 12.0 Å². The molecule has 1 atom stereocenters. The van der Waals surface area contributed by atoms with Gasteiger partial charge < -0.3 is 15.4 Å². The van der Waals surface area contributed by atoms with E-state index in [9.17, 15) is 9.59 Å². The fourth-order valence-corrected chi connectivity index (χ4v) is 2.93. The molecule has 0 aliphatic carbocycles. The van der Waals surface area contributed by atoms with Crippen molar-refractivity contribution >= 4 is 23.5 Å². The molecule has 1 unspecified atom stereocenters. The molecule has 1 aromatic heterocycles. The van der Waals surface area contributed by atoms with Crippen LogP contribution in [0.1, 0.15) is 31.4 Å². The molecule has 2 heterocycles. The molecule has 0 radical (unpaired) electrons. The molecule has 2 aromatic rings. The number of nitrogens with zero attached hydrogens (tertiary/aromatic N) is 3. The van der Waals surface area contributed by atoms with Crippen molar-refractivity contribution in [2.24, 2.45) is 0 Å². The summed E-state index contributed by atoms with van der Waals surface area (Å²) in [6, 6.07) is 12.5. The first-order valence-corrected chi connectivity index (χ1v) is 9.04.